The molecule has 0 saturated carbocycles. The number of carbonyl (C=O) groups excluding carboxylic acids is 1. The third kappa shape index (κ3) is 2.81. The SMILES string of the molecule is NC(=O)c1c(F)cccc1Oc1c(F)cccc1C(=O)O. The highest BCUT2D eigenvalue weighted by Crippen LogP contribution is 2.31. The maximum absolute atomic E-state index is 13.7. The number of carboxylic acids is 1. The van der Waals surface area contributed by atoms with Crippen molar-refractivity contribution >= 4 is 11.9 Å². The fraction of sp³-hybridized carbons (Fsp3) is 0. The number of benzene rings is 2. The van der Waals surface area contributed by atoms with E-state index in [9.17, 15) is 18.4 Å². The van der Waals surface area contributed by atoms with Crippen LogP contribution in [0.3, 0.4) is 0 Å². The summed E-state index contributed by atoms with van der Waals surface area (Å²) in [5.74, 6) is -5.45. The van der Waals surface area contributed by atoms with Crippen molar-refractivity contribution in [2.24, 2.45) is 5.73 Å². The molecule has 0 unspecified atom stereocenters. The predicted octanol–water partition coefficient (Wildman–Crippen LogP) is 2.55. The van der Waals surface area contributed by atoms with Crippen LogP contribution in [0.1, 0.15) is 20.7 Å². The van der Waals surface area contributed by atoms with Gasteiger partial charge in [-0.05, 0) is 24.3 Å². The maximum atomic E-state index is 13.7. The number of carbonyl (C=O) groups is 2. The second kappa shape index (κ2) is 5.58. The Morgan fingerprint density at radius 1 is 1.05 bits per heavy atom. The second-order valence-electron chi connectivity index (χ2n) is 4.00. The van der Waals surface area contributed by atoms with E-state index in [4.69, 9.17) is 15.6 Å². The van der Waals surface area contributed by atoms with E-state index in [1.165, 1.54) is 18.2 Å². The third-order valence-corrected chi connectivity index (χ3v) is 2.63. The molecule has 0 spiro atoms. The molecule has 0 saturated heterocycles. The zero-order chi connectivity index (χ0) is 15.6. The minimum absolute atomic E-state index is 0.366. The van der Waals surface area contributed by atoms with Crippen LogP contribution < -0.4 is 10.5 Å². The van der Waals surface area contributed by atoms with Crippen molar-refractivity contribution in [3.05, 3.63) is 59.2 Å². The van der Waals surface area contributed by atoms with Gasteiger partial charge in [-0.15, -0.1) is 0 Å². The van der Waals surface area contributed by atoms with Gasteiger partial charge in [-0.1, -0.05) is 12.1 Å². The molecule has 0 heterocycles. The lowest BCUT2D eigenvalue weighted by Gasteiger charge is -2.12. The molecule has 0 radical (unpaired) electrons. The van der Waals surface area contributed by atoms with Gasteiger partial charge in [0, 0.05) is 0 Å². The number of amides is 1. The smallest absolute Gasteiger partial charge is 0.339 e. The van der Waals surface area contributed by atoms with Crippen molar-refractivity contribution in [1.29, 1.82) is 0 Å². The number of para-hydroxylation sites is 1. The van der Waals surface area contributed by atoms with E-state index in [0.29, 0.717) is 0 Å². The number of primary amides is 1. The summed E-state index contributed by atoms with van der Waals surface area (Å²) in [6, 6.07) is 6.66. The van der Waals surface area contributed by atoms with Crippen molar-refractivity contribution in [1.82, 2.24) is 0 Å². The Labute approximate surface area is 117 Å². The summed E-state index contributed by atoms with van der Waals surface area (Å²) in [6.45, 7) is 0. The lowest BCUT2D eigenvalue weighted by Crippen LogP contribution is -2.15. The molecule has 5 nitrogen and oxygen atoms in total. The molecule has 2 rings (SSSR count). The first-order chi connectivity index (χ1) is 9.91. The minimum Gasteiger partial charge on any atom is -0.478 e. The number of nitrogens with two attached hydrogens (primary N) is 1. The number of halogens is 2. The first-order valence-corrected chi connectivity index (χ1v) is 5.69. The monoisotopic (exact) mass is 293 g/mol. The Morgan fingerprint density at radius 3 is 2.29 bits per heavy atom. The normalized spacial score (nSPS) is 10.2. The van der Waals surface area contributed by atoms with Gasteiger partial charge >= 0.3 is 5.97 Å². The quantitative estimate of drug-likeness (QED) is 0.906. The maximum Gasteiger partial charge on any atom is 0.339 e. The molecule has 3 N–H and O–H groups in total. The molecule has 7 heteroatoms. The molecule has 0 atom stereocenters. The Hall–Kier alpha value is -2.96. The van der Waals surface area contributed by atoms with E-state index >= 15 is 0 Å². The van der Waals surface area contributed by atoms with E-state index in [1.807, 2.05) is 0 Å². The van der Waals surface area contributed by atoms with Crippen LogP contribution in [0.4, 0.5) is 8.78 Å². The molecule has 2 aromatic rings. The zero-order valence-corrected chi connectivity index (χ0v) is 10.5. The van der Waals surface area contributed by atoms with Gasteiger partial charge in [0.05, 0.1) is 0 Å². The Morgan fingerprint density at radius 2 is 1.67 bits per heavy atom. The number of ether oxygens (including phenoxy) is 1. The van der Waals surface area contributed by atoms with Crippen LogP contribution in [0, 0.1) is 11.6 Å². The molecule has 0 aliphatic carbocycles. The molecule has 0 bridgehead atoms. The largest absolute Gasteiger partial charge is 0.478 e. The van der Waals surface area contributed by atoms with E-state index in [2.05, 4.69) is 0 Å². The topological polar surface area (TPSA) is 89.6 Å². The molecular weight excluding hydrogens is 284 g/mol. The van der Waals surface area contributed by atoms with Crippen LogP contribution >= 0.6 is 0 Å². The summed E-state index contributed by atoms with van der Waals surface area (Å²) >= 11 is 0. The highest BCUT2D eigenvalue weighted by atomic mass is 19.1. The van der Waals surface area contributed by atoms with Crippen molar-refractivity contribution in [3.8, 4) is 11.5 Å². The van der Waals surface area contributed by atoms with Gasteiger partial charge in [-0.2, -0.15) is 0 Å². The summed E-state index contributed by atoms with van der Waals surface area (Å²) < 4.78 is 32.4. The predicted molar refractivity (Wildman–Crippen MR) is 68.4 cm³/mol. The van der Waals surface area contributed by atoms with Gasteiger partial charge in [0.25, 0.3) is 5.91 Å². The van der Waals surface area contributed by atoms with Gasteiger partial charge < -0.3 is 15.6 Å². The standard InChI is InChI=1S/C14H9F2NO4/c15-8-4-2-6-10(11(8)13(17)18)21-12-7(14(19)20)3-1-5-9(12)16/h1-6H,(H2,17,18)(H,19,20). The molecule has 108 valence electrons. The van der Waals surface area contributed by atoms with Gasteiger partial charge in [0.15, 0.2) is 11.6 Å². The van der Waals surface area contributed by atoms with Crippen molar-refractivity contribution in [2.45, 2.75) is 0 Å². The Bertz CT molecular complexity index is 731. The minimum atomic E-state index is -1.43. The van der Waals surface area contributed by atoms with Crippen LogP contribution in [0.15, 0.2) is 36.4 Å². The van der Waals surface area contributed by atoms with Crippen LogP contribution in [0.5, 0.6) is 11.5 Å². The molecule has 0 aromatic heterocycles. The van der Waals surface area contributed by atoms with Crippen molar-refractivity contribution < 1.29 is 28.2 Å². The number of hydrogen-bond donors (Lipinski definition) is 2. The van der Waals surface area contributed by atoms with E-state index in [-0.39, 0.29) is 5.75 Å². The molecule has 0 aliphatic rings. The zero-order valence-electron chi connectivity index (χ0n) is 10.5. The van der Waals surface area contributed by atoms with E-state index in [1.54, 1.807) is 0 Å². The summed E-state index contributed by atoms with van der Waals surface area (Å²) in [7, 11) is 0. The highest BCUT2D eigenvalue weighted by Gasteiger charge is 2.21. The third-order valence-electron chi connectivity index (χ3n) is 2.63. The van der Waals surface area contributed by atoms with E-state index < -0.39 is 40.4 Å². The number of carboxylic acid groups (broad SMARTS) is 1. The first kappa shape index (κ1) is 14.4. The van der Waals surface area contributed by atoms with Crippen LogP contribution in [0.25, 0.3) is 0 Å². The fourth-order valence-corrected chi connectivity index (χ4v) is 1.72. The average molecular weight is 293 g/mol. The summed E-state index contributed by atoms with van der Waals surface area (Å²) in [5.41, 5.74) is 3.99. The Kier molecular flexibility index (Phi) is 3.84. The van der Waals surface area contributed by atoms with Gasteiger partial charge in [-0.3, -0.25) is 4.79 Å². The summed E-state index contributed by atoms with van der Waals surface area (Å²) in [5, 5.41) is 8.99. The summed E-state index contributed by atoms with van der Waals surface area (Å²) in [6.07, 6.45) is 0. The van der Waals surface area contributed by atoms with Gasteiger partial charge in [0.2, 0.25) is 0 Å². The Balaban J connectivity index is 2.56. The van der Waals surface area contributed by atoms with Crippen molar-refractivity contribution in [2.75, 3.05) is 0 Å². The van der Waals surface area contributed by atoms with Gasteiger partial charge in [0.1, 0.15) is 22.7 Å². The lowest BCUT2D eigenvalue weighted by molar-refractivity contribution is 0.0693. The second-order valence-corrected chi connectivity index (χ2v) is 4.00. The molecule has 0 fully saturated rings. The molecular formula is C14H9F2NO4. The van der Waals surface area contributed by atoms with Crippen LogP contribution in [-0.2, 0) is 0 Å². The molecule has 2 aromatic carbocycles. The van der Waals surface area contributed by atoms with Crippen molar-refractivity contribution in [3.63, 3.8) is 0 Å². The number of hydrogen-bond acceptors (Lipinski definition) is 3. The lowest BCUT2D eigenvalue weighted by atomic mass is 10.1. The number of rotatable bonds is 4. The fourth-order valence-electron chi connectivity index (χ4n) is 1.72. The van der Waals surface area contributed by atoms with E-state index in [0.717, 1.165) is 18.2 Å². The molecule has 1 amide bonds. The highest BCUT2D eigenvalue weighted by molar-refractivity contribution is 5.96. The summed E-state index contributed by atoms with van der Waals surface area (Å²) in [4.78, 5) is 22.3. The first-order valence-electron chi connectivity index (χ1n) is 5.69. The molecule has 21 heavy (non-hydrogen) atoms. The van der Waals surface area contributed by atoms with Gasteiger partial charge in [-0.25, -0.2) is 13.6 Å². The van der Waals surface area contributed by atoms with Crippen LogP contribution in [-0.4, -0.2) is 17.0 Å². The number of aromatic carboxylic acids is 1. The molecule has 0 aliphatic heterocycles. The van der Waals surface area contributed by atoms with Crippen LogP contribution in [0.2, 0.25) is 0 Å². The average Bonchev–Trinajstić information content (AvgIpc) is 2.40.